The number of aryl methyl sites for hydroxylation is 1. The molecule has 0 heterocycles. The Morgan fingerprint density at radius 1 is 1.00 bits per heavy atom. The van der Waals surface area contributed by atoms with E-state index in [1.807, 2.05) is 18.2 Å². The summed E-state index contributed by atoms with van der Waals surface area (Å²) in [6.07, 6.45) is 0. The van der Waals surface area contributed by atoms with Gasteiger partial charge in [0.25, 0.3) is 0 Å². The molecule has 0 aliphatic rings. The van der Waals surface area contributed by atoms with Crippen molar-refractivity contribution in [3.8, 4) is 11.1 Å². The predicted molar refractivity (Wildman–Crippen MR) is 73.5 cm³/mol. The van der Waals surface area contributed by atoms with Crippen LogP contribution in [-0.4, -0.2) is 5.71 Å². The SMILES string of the molecule is CC(=N)c1cc(-c2ccc(C)cc2)ccc1N. The molecule has 2 aromatic carbocycles. The Kier molecular flexibility index (Phi) is 2.96. The molecule has 2 rings (SSSR count). The van der Waals surface area contributed by atoms with Gasteiger partial charge in [-0.25, -0.2) is 0 Å². The van der Waals surface area contributed by atoms with Crippen molar-refractivity contribution in [3.63, 3.8) is 0 Å². The molecule has 0 unspecified atom stereocenters. The first kappa shape index (κ1) is 11.4. The maximum atomic E-state index is 7.69. The Balaban J connectivity index is 2.50. The van der Waals surface area contributed by atoms with Gasteiger partial charge in [0.15, 0.2) is 0 Å². The van der Waals surface area contributed by atoms with Gasteiger partial charge in [0.2, 0.25) is 0 Å². The summed E-state index contributed by atoms with van der Waals surface area (Å²) in [5.41, 5.74) is 11.3. The van der Waals surface area contributed by atoms with Crippen LogP contribution in [0.15, 0.2) is 42.5 Å². The third kappa shape index (κ3) is 2.36. The predicted octanol–water partition coefficient (Wildman–Crippen LogP) is 3.63. The minimum Gasteiger partial charge on any atom is -0.398 e. The Bertz CT molecular complexity index is 554. The fourth-order valence-corrected chi connectivity index (χ4v) is 1.81. The van der Waals surface area contributed by atoms with Crippen LogP contribution in [0.1, 0.15) is 18.1 Å². The molecule has 0 saturated heterocycles. The van der Waals surface area contributed by atoms with Crippen LogP contribution in [0, 0.1) is 12.3 Å². The van der Waals surface area contributed by atoms with Crippen LogP contribution in [0.25, 0.3) is 11.1 Å². The molecule has 0 aliphatic heterocycles. The Labute approximate surface area is 102 Å². The lowest BCUT2D eigenvalue weighted by atomic mass is 9.99. The average Bonchev–Trinajstić information content (AvgIpc) is 2.30. The highest BCUT2D eigenvalue weighted by Gasteiger charge is 2.04. The molecule has 17 heavy (non-hydrogen) atoms. The molecular formula is C15H16N2. The first-order valence-electron chi connectivity index (χ1n) is 5.60. The molecule has 2 nitrogen and oxygen atoms in total. The van der Waals surface area contributed by atoms with Crippen molar-refractivity contribution >= 4 is 11.4 Å². The summed E-state index contributed by atoms with van der Waals surface area (Å²) >= 11 is 0. The maximum absolute atomic E-state index is 7.69. The number of nitrogens with two attached hydrogens (primary N) is 1. The van der Waals surface area contributed by atoms with E-state index < -0.39 is 0 Å². The van der Waals surface area contributed by atoms with Gasteiger partial charge >= 0.3 is 0 Å². The number of hydrogen-bond donors (Lipinski definition) is 2. The van der Waals surface area contributed by atoms with Gasteiger partial charge < -0.3 is 11.1 Å². The maximum Gasteiger partial charge on any atom is 0.0406 e. The van der Waals surface area contributed by atoms with Crippen molar-refractivity contribution < 1.29 is 0 Å². The second kappa shape index (κ2) is 4.42. The number of benzene rings is 2. The van der Waals surface area contributed by atoms with E-state index in [0.29, 0.717) is 11.4 Å². The van der Waals surface area contributed by atoms with Gasteiger partial charge in [0.05, 0.1) is 0 Å². The van der Waals surface area contributed by atoms with Crippen molar-refractivity contribution in [3.05, 3.63) is 53.6 Å². The van der Waals surface area contributed by atoms with Gasteiger partial charge in [-0.2, -0.15) is 0 Å². The van der Waals surface area contributed by atoms with Gasteiger partial charge in [0, 0.05) is 17.0 Å². The van der Waals surface area contributed by atoms with E-state index in [1.54, 1.807) is 6.92 Å². The lowest BCUT2D eigenvalue weighted by Gasteiger charge is -2.08. The fourth-order valence-electron chi connectivity index (χ4n) is 1.81. The van der Waals surface area contributed by atoms with Crippen molar-refractivity contribution in [1.29, 1.82) is 5.41 Å². The molecule has 0 aromatic heterocycles. The lowest BCUT2D eigenvalue weighted by molar-refractivity contribution is 1.44. The average molecular weight is 224 g/mol. The number of nitrogen functional groups attached to an aromatic ring is 1. The third-order valence-corrected chi connectivity index (χ3v) is 2.84. The van der Waals surface area contributed by atoms with Crippen molar-refractivity contribution in [2.45, 2.75) is 13.8 Å². The summed E-state index contributed by atoms with van der Waals surface area (Å²) in [4.78, 5) is 0. The van der Waals surface area contributed by atoms with Gasteiger partial charge in [0.1, 0.15) is 0 Å². The summed E-state index contributed by atoms with van der Waals surface area (Å²) in [7, 11) is 0. The number of rotatable bonds is 2. The zero-order chi connectivity index (χ0) is 12.4. The normalized spacial score (nSPS) is 10.2. The van der Waals surface area contributed by atoms with Crippen molar-refractivity contribution in [2.24, 2.45) is 0 Å². The summed E-state index contributed by atoms with van der Waals surface area (Å²) in [5.74, 6) is 0. The van der Waals surface area contributed by atoms with Crippen molar-refractivity contribution in [2.75, 3.05) is 5.73 Å². The second-order valence-corrected chi connectivity index (χ2v) is 4.29. The molecule has 0 aliphatic carbocycles. The zero-order valence-corrected chi connectivity index (χ0v) is 10.1. The minimum atomic E-state index is 0.497. The molecule has 2 heteroatoms. The molecule has 0 saturated carbocycles. The van der Waals surface area contributed by atoms with E-state index in [0.717, 1.165) is 16.7 Å². The van der Waals surface area contributed by atoms with E-state index >= 15 is 0 Å². The Morgan fingerprint density at radius 3 is 2.18 bits per heavy atom. The van der Waals surface area contributed by atoms with Gasteiger partial charge in [-0.15, -0.1) is 0 Å². The summed E-state index contributed by atoms with van der Waals surface area (Å²) < 4.78 is 0. The van der Waals surface area contributed by atoms with E-state index in [-0.39, 0.29) is 0 Å². The van der Waals surface area contributed by atoms with Crippen molar-refractivity contribution in [1.82, 2.24) is 0 Å². The van der Waals surface area contributed by atoms with E-state index in [9.17, 15) is 0 Å². The van der Waals surface area contributed by atoms with Gasteiger partial charge in [-0.05, 0) is 37.1 Å². The molecule has 0 amide bonds. The van der Waals surface area contributed by atoms with Crippen LogP contribution in [-0.2, 0) is 0 Å². The number of nitrogens with one attached hydrogen (secondary N) is 1. The lowest BCUT2D eigenvalue weighted by Crippen LogP contribution is -1.99. The van der Waals surface area contributed by atoms with Crippen LogP contribution in [0.4, 0.5) is 5.69 Å². The largest absolute Gasteiger partial charge is 0.398 e. The quantitative estimate of drug-likeness (QED) is 0.594. The standard InChI is InChI=1S/C15H16N2/c1-10-3-5-12(6-4-10)13-7-8-15(17)14(9-13)11(2)16/h3-9,16H,17H2,1-2H3. The highest BCUT2D eigenvalue weighted by molar-refractivity contribution is 6.02. The summed E-state index contributed by atoms with van der Waals surface area (Å²) in [6.45, 7) is 3.82. The molecule has 0 spiro atoms. The monoisotopic (exact) mass is 224 g/mol. The molecule has 0 radical (unpaired) electrons. The molecule has 0 fully saturated rings. The number of hydrogen-bond acceptors (Lipinski definition) is 2. The highest BCUT2D eigenvalue weighted by Crippen LogP contribution is 2.24. The molecular weight excluding hydrogens is 208 g/mol. The first-order valence-corrected chi connectivity index (χ1v) is 5.60. The van der Waals surface area contributed by atoms with Crippen LogP contribution in [0.5, 0.6) is 0 Å². The van der Waals surface area contributed by atoms with E-state index in [2.05, 4.69) is 31.2 Å². The molecule has 86 valence electrons. The first-order chi connectivity index (χ1) is 8.08. The van der Waals surface area contributed by atoms with Crippen LogP contribution < -0.4 is 5.73 Å². The molecule has 2 aromatic rings. The van der Waals surface area contributed by atoms with Crippen LogP contribution >= 0.6 is 0 Å². The van der Waals surface area contributed by atoms with Gasteiger partial charge in [-0.3, -0.25) is 0 Å². The fraction of sp³-hybridized carbons (Fsp3) is 0.133. The van der Waals surface area contributed by atoms with Crippen LogP contribution in [0.3, 0.4) is 0 Å². The zero-order valence-electron chi connectivity index (χ0n) is 10.1. The van der Waals surface area contributed by atoms with E-state index in [4.69, 9.17) is 11.1 Å². The summed E-state index contributed by atoms with van der Waals surface area (Å²) in [6, 6.07) is 14.2. The molecule has 0 atom stereocenters. The molecule has 0 bridgehead atoms. The Hall–Kier alpha value is -2.09. The second-order valence-electron chi connectivity index (χ2n) is 4.29. The number of anilines is 1. The minimum absolute atomic E-state index is 0.497. The Morgan fingerprint density at radius 2 is 1.59 bits per heavy atom. The van der Waals surface area contributed by atoms with Crippen LogP contribution in [0.2, 0.25) is 0 Å². The summed E-state index contributed by atoms with van der Waals surface area (Å²) in [5, 5.41) is 7.69. The van der Waals surface area contributed by atoms with E-state index in [1.165, 1.54) is 5.56 Å². The molecule has 3 N–H and O–H groups in total. The third-order valence-electron chi connectivity index (χ3n) is 2.84. The van der Waals surface area contributed by atoms with Gasteiger partial charge in [-0.1, -0.05) is 35.9 Å². The topological polar surface area (TPSA) is 49.9 Å². The smallest absolute Gasteiger partial charge is 0.0406 e. The highest BCUT2D eigenvalue weighted by atomic mass is 14.6.